The molecule has 2 nitrogen and oxygen atoms in total. The summed E-state index contributed by atoms with van der Waals surface area (Å²) in [4.78, 5) is 4.65. The minimum Gasteiger partial charge on any atom is -0.396 e. The highest BCUT2D eigenvalue weighted by atomic mass is 16.6. The first-order chi connectivity index (χ1) is 3.41. The van der Waals surface area contributed by atoms with Crippen molar-refractivity contribution in [2.75, 3.05) is 6.61 Å². The fourth-order valence-electron chi connectivity index (χ4n) is 0.201. The van der Waals surface area contributed by atoms with Crippen molar-refractivity contribution in [1.82, 2.24) is 0 Å². The Balaban J connectivity index is 2.69. The smallest absolute Gasteiger partial charge is 0.116 e. The van der Waals surface area contributed by atoms with Gasteiger partial charge in [0.05, 0.1) is 0 Å². The molecule has 0 heterocycles. The van der Waals surface area contributed by atoms with E-state index in [1.165, 1.54) is 0 Å². The minimum atomic E-state index is 0.695. The predicted octanol–water partition coefficient (Wildman–Crippen LogP) is 1.30. The molecule has 0 fully saturated rings. The molecule has 0 aliphatic heterocycles. The van der Waals surface area contributed by atoms with Crippen LogP contribution in [0.5, 0.6) is 0 Å². The van der Waals surface area contributed by atoms with Crippen LogP contribution in [0.25, 0.3) is 0 Å². The maximum Gasteiger partial charge on any atom is 0.116 e. The zero-order valence-electron chi connectivity index (χ0n) is 4.77. The van der Waals surface area contributed by atoms with Crippen LogP contribution in [0.1, 0.15) is 20.3 Å². The quantitative estimate of drug-likeness (QED) is 0.297. The summed E-state index contributed by atoms with van der Waals surface area (Å²) >= 11 is 0. The Bertz CT molecular complexity index is 52.0. The summed E-state index contributed by atoms with van der Waals surface area (Å²) in [5.41, 5.74) is 0. The van der Waals surface area contributed by atoms with Crippen molar-refractivity contribution in [2.45, 2.75) is 20.3 Å². The maximum atomic E-state index is 4.65. The van der Waals surface area contributed by atoms with Crippen LogP contribution in [0.4, 0.5) is 0 Å². The highest BCUT2D eigenvalue weighted by molar-refractivity contribution is 5.52. The Morgan fingerprint density at radius 1 is 1.71 bits per heavy atom. The second-order valence-corrected chi connectivity index (χ2v) is 1.15. The van der Waals surface area contributed by atoms with Crippen molar-refractivity contribution in [1.29, 1.82) is 0 Å². The molecule has 0 N–H and O–H groups in total. The van der Waals surface area contributed by atoms with Crippen LogP contribution in [0, 0.1) is 0 Å². The number of hydrogen-bond acceptors (Lipinski definition) is 2. The summed E-state index contributed by atoms with van der Waals surface area (Å²) < 4.78 is 0. The van der Waals surface area contributed by atoms with Crippen molar-refractivity contribution in [2.24, 2.45) is 5.16 Å². The summed E-state index contributed by atoms with van der Waals surface area (Å²) in [6.45, 7) is 4.43. The van der Waals surface area contributed by atoms with E-state index in [9.17, 15) is 0 Å². The van der Waals surface area contributed by atoms with Gasteiger partial charge in [0, 0.05) is 0 Å². The lowest BCUT2D eigenvalue weighted by molar-refractivity contribution is 0.146. The second-order valence-electron chi connectivity index (χ2n) is 1.15. The highest BCUT2D eigenvalue weighted by Crippen LogP contribution is 1.77. The molecule has 0 rings (SSSR count). The monoisotopic (exact) mass is 100 g/mol. The third-order valence-electron chi connectivity index (χ3n) is 0.451. The molecular formula is C5H10NO. The van der Waals surface area contributed by atoms with Gasteiger partial charge in [-0.15, -0.1) is 0 Å². The molecule has 7 heavy (non-hydrogen) atoms. The Morgan fingerprint density at radius 2 is 2.43 bits per heavy atom. The van der Waals surface area contributed by atoms with Gasteiger partial charge in [-0.3, -0.25) is 0 Å². The number of hydrogen-bond donors (Lipinski definition) is 0. The Labute approximate surface area is 44.2 Å². The number of nitrogens with zero attached hydrogens (tertiary/aromatic N) is 1. The van der Waals surface area contributed by atoms with Crippen LogP contribution in [0.3, 0.4) is 0 Å². The molecule has 2 heteroatoms. The highest BCUT2D eigenvalue weighted by Gasteiger charge is 1.72. The van der Waals surface area contributed by atoms with Crippen LogP contribution >= 0.6 is 0 Å². The summed E-state index contributed by atoms with van der Waals surface area (Å²) in [6, 6.07) is 0. The first-order valence-electron chi connectivity index (χ1n) is 2.40. The van der Waals surface area contributed by atoms with Crippen molar-refractivity contribution in [3.8, 4) is 0 Å². The average Bonchev–Trinajstić information content (AvgIpc) is 1.69. The summed E-state index contributed by atoms with van der Waals surface area (Å²) in [5.74, 6) is 0. The van der Waals surface area contributed by atoms with Crippen molar-refractivity contribution in [3.63, 3.8) is 0 Å². The van der Waals surface area contributed by atoms with Crippen LogP contribution in [-0.4, -0.2) is 12.8 Å². The largest absolute Gasteiger partial charge is 0.396 e. The Hall–Kier alpha value is -0.530. The minimum absolute atomic E-state index is 0.695. The topological polar surface area (TPSA) is 21.6 Å². The standard InChI is InChI=1S/C5H10NO/c1-3-5-7-6-4-2/h3,5H2,1-2H3. The van der Waals surface area contributed by atoms with E-state index in [0.717, 1.165) is 6.42 Å². The lowest BCUT2D eigenvalue weighted by Gasteiger charge is -1.89. The van der Waals surface area contributed by atoms with E-state index in [-0.39, 0.29) is 0 Å². The Morgan fingerprint density at radius 3 is 2.86 bits per heavy atom. The molecule has 1 radical (unpaired) electrons. The van der Waals surface area contributed by atoms with Crippen LogP contribution in [-0.2, 0) is 4.84 Å². The van der Waals surface area contributed by atoms with Crippen LogP contribution < -0.4 is 0 Å². The van der Waals surface area contributed by atoms with Gasteiger partial charge in [0.15, 0.2) is 0 Å². The third-order valence-corrected chi connectivity index (χ3v) is 0.451. The van der Waals surface area contributed by atoms with Gasteiger partial charge in [-0.25, -0.2) is 0 Å². The van der Waals surface area contributed by atoms with E-state index in [2.05, 4.69) is 16.2 Å². The van der Waals surface area contributed by atoms with E-state index < -0.39 is 0 Å². The normalized spacial score (nSPS) is 10.0. The fraction of sp³-hybridized carbons (Fsp3) is 0.800. The molecule has 0 unspecified atom stereocenters. The lowest BCUT2D eigenvalue weighted by atomic mass is 10.5. The van der Waals surface area contributed by atoms with Crippen molar-refractivity contribution in [3.05, 3.63) is 0 Å². The van der Waals surface area contributed by atoms with Gasteiger partial charge in [0.1, 0.15) is 12.8 Å². The summed E-state index contributed by atoms with van der Waals surface area (Å²) in [5, 5.41) is 3.41. The zero-order valence-corrected chi connectivity index (χ0v) is 4.77. The van der Waals surface area contributed by atoms with Crippen molar-refractivity contribution >= 4 is 6.21 Å². The van der Waals surface area contributed by atoms with Gasteiger partial charge in [-0.05, 0) is 13.3 Å². The van der Waals surface area contributed by atoms with Gasteiger partial charge in [-0.1, -0.05) is 12.1 Å². The average molecular weight is 100 g/mol. The molecule has 0 aromatic heterocycles. The molecule has 0 saturated carbocycles. The van der Waals surface area contributed by atoms with E-state index in [0.29, 0.717) is 6.61 Å². The fourth-order valence-corrected chi connectivity index (χ4v) is 0.201. The predicted molar refractivity (Wildman–Crippen MR) is 29.4 cm³/mol. The Kier molecular flexibility index (Phi) is 5.06. The van der Waals surface area contributed by atoms with Gasteiger partial charge in [-0.2, -0.15) is 0 Å². The van der Waals surface area contributed by atoms with Gasteiger partial charge in [0.2, 0.25) is 0 Å². The molecule has 0 aromatic carbocycles. The van der Waals surface area contributed by atoms with Crippen LogP contribution in [0.2, 0.25) is 0 Å². The molecule has 0 aliphatic rings. The van der Waals surface area contributed by atoms with Gasteiger partial charge < -0.3 is 4.84 Å². The number of rotatable bonds is 3. The zero-order chi connectivity index (χ0) is 5.54. The molecule has 0 spiro atoms. The molecule has 0 bridgehead atoms. The van der Waals surface area contributed by atoms with Gasteiger partial charge >= 0.3 is 0 Å². The summed E-state index contributed by atoms with van der Waals surface area (Å²) in [7, 11) is 0. The molecule has 41 valence electrons. The summed E-state index contributed by atoms with van der Waals surface area (Å²) in [6.07, 6.45) is 3.51. The first kappa shape index (κ1) is 6.47. The van der Waals surface area contributed by atoms with Crippen molar-refractivity contribution < 1.29 is 4.84 Å². The first-order valence-corrected chi connectivity index (χ1v) is 2.40. The molecule has 0 saturated heterocycles. The molecule has 0 amide bonds. The third kappa shape index (κ3) is 5.47. The SMILES string of the molecule is C/[C]=N\OCCC. The van der Waals surface area contributed by atoms with E-state index >= 15 is 0 Å². The second kappa shape index (κ2) is 5.47. The van der Waals surface area contributed by atoms with E-state index in [1.807, 2.05) is 6.92 Å². The molecular weight excluding hydrogens is 90.1 g/mol. The van der Waals surface area contributed by atoms with E-state index in [4.69, 9.17) is 0 Å². The molecule has 0 atom stereocenters. The molecule has 0 aromatic rings. The van der Waals surface area contributed by atoms with Gasteiger partial charge in [0.25, 0.3) is 0 Å². The van der Waals surface area contributed by atoms with E-state index in [1.54, 1.807) is 6.92 Å². The van der Waals surface area contributed by atoms with Crippen LogP contribution in [0.15, 0.2) is 5.16 Å². The molecule has 0 aliphatic carbocycles. The maximum absolute atomic E-state index is 4.65. The lowest BCUT2D eigenvalue weighted by Crippen LogP contribution is -1.81.